The van der Waals surface area contributed by atoms with E-state index in [0.29, 0.717) is 32.8 Å². The highest BCUT2D eigenvalue weighted by atomic mass is 35.5. The number of allylic oxidation sites excluding steroid dienone is 1. The molecule has 0 spiro atoms. The van der Waals surface area contributed by atoms with E-state index in [9.17, 15) is 4.79 Å². The average molecular weight is 402 g/mol. The molecule has 0 unspecified atom stereocenters. The van der Waals surface area contributed by atoms with Gasteiger partial charge in [0.05, 0.1) is 18.7 Å². The first-order valence-electron chi connectivity index (χ1n) is 8.40. The van der Waals surface area contributed by atoms with Gasteiger partial charge in [0.1, 0.15) is 5.75 Å². The van der Waals surface area contributed by atoms with Crippen molar-refractivity contribution in [3.05, 3.63) is 69.9 Å². The maximum absolute atomic E-state index is 13.2. The van der Waals surface area contributed by atoms with Gasteiger partial charge >= 0.3 is 0 Å². The molecule has 27 heavy (non-hydrogen) atoms. The predicted molar refractivity (Wildman–Crippen MR) is 112 cm³/mol. The molecule has 0 radical (unpaired) electrons. The normalized spacial score (nSPS) is 16.4. The minimum atomic E-state index is -0.436. The monoisotopic (exact) mass is 401 g/mol. The van der Waals surface area contributed by atoms with Gasteiger partial charge in [-0.15, -0.1) is 0 Å². The minimum Gasteiger partial charge on any atom is -0.496 e. The van der Waals surface area contributed by atoms with Crippen LogP contribution in [0, 0.1) is 6.92 Å². The van der Waals surface area contributed by atoms with Crippen molar-refractivity contribution < 1.29 is 9.53 Å². The van der Waals surface area contributed by atoms with Gasteiger partial charge in [-0.25, -0.2) is 0 Å². The molecule has 2 aromatic carbocycles. The molecule has 3 N–H and O–H groups in total. The Morgan fingerprint density at radius 3 is 2.67 bits per heavy atom. The fourth-order valence-corrected chi connectivity index (χ4v) is 3.51. The van der Waals surface area contributed by atoms with E-state index < -0.39 is 6.04 Å². The second-order valence-electron chi connectivity index (χ2n) is 6.18. The van der Waals surface area contributed by atoms with Gasteiger partial charge in [0.25, 0.3) is 5.91 Å². The number of anilines is 1. The number of ether oxygens (including phenoxy) is 1. The number of nitrogens with one attached hydrogen (secondary N) is 3. The Balaban J connectivity index is 2.01. The van der Waals surface area contributed by atoms with Crippen LogP contribution in [-0.2, 0) is 4.79 Å². The number of halogens is 1. The molecule has 140 valence electrons. The van der Waals surface area contributed by atoms with Crippen LogP contribution in [0.3, 0.4) is 0 Å². The number of amides is 1. The van der Waals surface area contributed by atoms with Gasteiger partial charge in [0, 0.05) is 22.0 Å². The van der Waals surface area contributed by atoms with E-state index in [1.54, 1.807) is 19.2 Å². The van der Waals surface area contributed by atoms with E-state index >= 15 is 0 Å². The molecule has 1 amide bonds. The van der Waals surface area contributed by atoms with Gasteiger partial charge in [-0.2, -0.15) is 0 Å². The number of thiocarbonyl (C=S) groups is 1. The molecular weight excluding hydrogens is 382 g/mol. The molecule has 0 fully saturated rings. The smallest absolute Gasteiger partial charge is 0.255 e. The summed E-state index contributed by atoms with van der Waals surface area (Å²) in [4.78, 5) is 13.2. The van der Waals surface area contributed by atoms with E-state index in [-0.39, 0.29) is 5.91 Å². The Kier molecular flexibility index (Phi) is 5.68. The number of para-hydroxylation sites is 1. The largest absolute Gasteiger partial charge is 0.496 e. The first-order chi connectivity index (χ1) is 12.9. The van der Waals surface area contributed by atoms with Crippen molar-refractivity contribution >= 4 is 40.5 Å². The Morgan fingerprint density at radius 2 is 1.93 bits per heavy atom. The first-order valence-corrected chi connectivity index (χ1v) is 9.18. The molecule has 0 aliphatic carbocycles. The number of methoxy groups -OCH3 is 1. The Labute approximate surface area is 168 Å². The second-order valence-corrected chi connectivity index (χ2v) is 6.99. The number of carbonyl (C=O) groups excluding carboxylic acids is 1. The summed E-state index contributed by atoms with van der Waals surface area (Å²) in [6.07, 6.45) is 0. The summed E-state index contributed by atoms with van der Waals surface area (Å²) in [6.45, 7) is 3.69. The second kappa shape index (κ2) is 7.98. The van der Waals surface area contributed by atoms with Gasteiger partial charge in [-0.1, -0.05) is 35.9 Å². The highest BCUT2D eigenvalue weighted by Gasteiger charge is 2.31. The van der Waals surface area contributed by atoms with Gasteiger partial charge in [0.2, 0.25) is 0 Å². The predicted octanol–water partition coefficient (Wildman–Crippen LogP) is 4.09. The van der Waals surface area contributed by atoms with E-state index in [2.05, 4.69) is 16.0 Å². The van der Waals surface area contributed by atoms with E-state index in [1.165, 1.54) is 0 Å². The summed E-state index contributed by atoms with van der Waals surface area (Å²) in [5, 5.41) is 10.2. The molecule has 1 aliphatic heterocycles. The zero-order chi connectivity index (χ0) is 19.6. The van der Waals surface area contributed by atoms with Crippen LogP contribution >= 0.6 is 23.8 Å². The molecule has 0 aromatic heterocycles. The lowest BCUT2D eigenvalue weighted by atomic mass is 9.94. The van der Waals surface area contributed by atoms with Crippen LogP contribution in [-0.4, -0.2) is 18.1 Å². The summed E-state index contributed by atoms with van der Waals surface area (Å²) in [5.74, 6) is 0.438. The number of hydrogen-bond acceptors (Lipinski definition) is 3. The van der Waals surface area contributed by atoms with Gasteiger partial charge in [0.15, 0.2) is 5.11 Å². The number of benzene rings is 2. The lowest BCUT2D eigenvalue weighted by Gasteiger charge is -2.31. The lowest BCUT2D eigenvalue weighted by Crippen LogP contribution is -2.45. The molecule has 1 aliphatic rings. The van der Waals surface area contributed by atoms with E-state index in [1.807, 2.05) is 44.2 Å². The van der Waals surface area contributed by atoms with Crippen LogP contribution in [0.2, 0.25) is 5.02 Å². The first kappa shape index (κ1) is 19.2. The molecule has 1 heterocycles. The van der Waals surface area contributed by atoms with Crippen molar-refractivity contribution in [2.24, 2.45) is 0 Å². The van der Waals surface area contributed by atoms with Crippen molar-refractivity contribution in [1.82, 2.24) is 10.6 Å². The zero-order valence-electron chi connectivity index (χ0n) is 15.2. The van der Waals surface area contributed by atoms with Crippen LogP contribution in [0.1, 0.15) is 24.1 Å². The fraction of sp³-hybridized carbons (Fsp3) is 0.200. The highest BCUT2D eigenvalue weighted by Crippen LogP contribution is 2.34. The van der Waals surface area contributed by atoms with Crippen LogP contribution in [0.4, 0.5) is 5.69 Å². The topological polar surface area (TPSA) is 62.4 Å². The molecule has 2 aromatic rings. The lowest BCUT2D eigenvalue weighted by molar-refractivity contribution is -0.113. The molecule has 5 nitrogen and oxygen atoms in total. The summed E-state index contributed by atoms with van der Waals surface area (Å²) < 4.78 is 5.47. The van der Waals surface area contributed by atoms with Gasteiger partial charge < -0.3 is 20.7 Å². The van der Waals surface area contributed by atoms with Crippen molar-refractivity contribution in [3.8, 4) is 5.75 Å². The van der Waals surface area contributed by atoms with Crippen LogP contribution in [0.5, 0.6) is 5.75 Å². The minimum absolute atomic E-state index is 0.240. The summed E-state index contributed by atoms with van der Waals surface area (Å²) in [5.41, 5.74) is 3.53. The molecule has 0 bridgehead atoms. The van der Waals surface area contributed by atoms with Crippen molar-refractivity contribution in [2.45, 2.75) is 19.9 Å². The molecule has 3 rings (SSSR count). The summed E-state index contributed by atoms with van der Waals surface area (Å²) in [6, 6.07) is 12.5. The standard InChI is InChI=1S/C20H20ClN3O2S/c1-11-14(21)8-6-9-15(11)23-19(25)17-12(2)22-20(27)24-18(17)13-7-4-5-10-16(13)26-3/h4-10,18H,1-3H3,(H,23,25)(H2,22,24,27)/t18-/m1/s1. The van der Waals surface area contributed by atoms with E-state index in [4.69, 9.17) is 28.6 Å². The maximum atomic E-state index is 13.2. The summed E-state index contributed by atoms with van der Waals surface area (Å²) >= 11 is 11.5. The quantitative estimate of drug-likeness (QED) is 0.673. The zero-order valence-corrected chi connectivity index (χ0v) is 16.8. The van der Waals surface area contributed by atoms with Gasteiger partial charge in [-0.3, -0.25) is 4.79 Å². The van der Waals surface area contributed by atoms with Crippen molar-refractivity contribution in [1.29, 1.82) is 0 Å². The highest BCUT2D eigenvalue weighted by molar-refractivity contribution is 7.80. The molecular formula is C20H20ClN3O2S. The SMILES string of the molecule is COc1ccccc1[C@H]1NC(=S)NC(C)=C1C(=O)Nc1cccc(Cl)c1C. The molecule has 1 atom stereocenters. The molecule has 0 saturated heterocycles. The number of rotatable bonds is 4. The average Bonchev–Trinajstić information content (AvgIpc) is 2.64. The number of hydrogen-bond donors (Lipinski definition) is 3. The summed E-state index contributed by atoms with van der Waals surface area (Å²) in [7, 11) is 1.60. The number of carbonyl (C=O) groups is 1. The Hall–Kier alpha value is -2.57. The maximum Gasteiger partial charge on any atom is 0.255 e. The molecule has 0 saturated carbocycles. The van der Waals surface area contributed by atoms with Crippen LogP contribution in [0.25, 0.3) is 0 Å². The van der Waals surface area contributed by atoms with Crippen molar-refractivity contribution in [3.63, 3.8) is 0 Å². The Bertz CT molecular complexity index is 943. The van der Waals surface area contributed by atoms with E-state index in [0.717, 1.165) is 11.1 Å². The third-order valence-electron chi connectivity index (χ3n) is 4.48. The van der Waals surface area contributed by atoms with Crippen LogP contribution in [0.15, 0.2) is 53.7 Å². The Morgan fingerprint density at radius 1 is 1.19 bits per heavy atom. The van der Waals surface area contributed by atoms with Crippen molar-refractivity contribution in [2.75, 3.05) is 12.4 Å². The molecule has 7 heteroatoms. The van der Waals surface area contributed by atoms with Gasteiger partial charge in [-0.05, 0) is 49.8 Å². The third kappa shape index (κ3) is 3.91. The van der Waals surface area contributed by atoms with Crippen LogP contribution < -0.4 is 20.7 Å². The fourth-order valence-electron chi connectivity index (χ4n) is 3.07. The third-order valence-corrected chi connectivity index (χ3v) is 5.11.